The van der Waals surface area contributed by atoms with Gasteiger partial charge in [-0.15, -0.1) is 0 Å². The molecule has 2 rings (SSSR count). The number of hydrogen-bond donors (Lipinski definition) is 1. The lowest BCUT2D eigenvalue weighted by molar-refractivity contribution is -0.906. The van der Waals surface area contributed by atoms with Gasteiger partial charge in [-0.1, -0.05) is 12.1 Å². The third-order valence-corrected chi connectivity index (χ3v) is 5.63. The molecule has 2 N–H and O–H groups in total. The number of ether oxygens (including phenoxy) is 1. The number of nitrogens with zero attached hydrogens (tertiary/aromatic N) is 2. The van der Waals surface area contributed by atoms with Crippen molar-refractivity contribution in [1.29, 1.82) is 0 Å². The van der Waals surface area contributed by atoms with E-state index in [0.717, 1.165) is 48.4 Å². The second kappa shape index (κ2) is 10.1. The van der Waals surface area contributed by atoms with Crippen LogP contribution in [0.5, 0.6) is 5.75 Å². The molecule has 0 aliphatic carbocycles. The van der Waals surface area contributed by atoms with Gasteiger partial charge in [0.1, 0.15) is 5.75 Å². The SMILES string of the molecule is CC[N+](C)(CC)CCCN(Cc1ccc(OC)cc1)C(=O)c1ccc(N)cc1. The monoisotopic (exact) mass is 384 g/mol. The smallest absolute Gasteiger partial charge is 0.254 e. The Bertz CT molecular complexity index is 737. The van der Waals surface area contributed by atoms with E-state index in [-0.39, 0.29) is 5.91 Å². The first-order chi connectivity index (χ1) is 13.4. The van der Waals surface area contributed by atoms with Crippen molar-refractivity contribution >= 4 is 11.6 Å². The third kappa shape index (κ3) is 5.99. The van der Waals surface area contributed by atoms with Crippen LogP contribution in [0.2, 0.25) is 0 Å². The number of methoxy groups -OCH3 is 1. The first-order valence-corrected chi connectivity index (χ1v) is 10.0. The highest BCUT2D eigenvalue weighted by Crippen LogP contribution is 2.16. The average Bonchev–Trinajstić information content (AvgIpc) is 2.73. The average molecular weight is 385 g/mol. The van der Waals surface area contributed by atoms with Crippen molar-refractivity contribution in [1.82, 2.24) is 4.90 Å². The summed E-state index contributed by atoms with van der Waals surface area (Å²) in [4.78, 5) is 15.1. The number of quaternary nitrogens is 1. The van der Waals surface area contributed by atoms with Gasteiger partial charge < -0.3 is 19.9 Å². The minimum Gasteiger partial charge on any atom is -0.497 e. The van der Waals surface area contributed by atoms with Gasteiger partial charge in [0.05, 0.1) is 33.8 Å². The van der Waals surface area contributed by atoms with E-state index in [2.05, 4.69) is 20.9 Å². The molecule has 0 heterocycles. The maximum atomic E-state index is 13.1. The van der Waals surface area contributed by atoms with Crippen LogP contribution in [0.1, 0.15) is 36.2 Å². The Hall–Kier alpha value is -2.53. The van der Waals surface area contributed by atoms with Gasteiger partial charge in [0.25, 0.3) is 5.91 Å². The molecule has 0 fully saturated rings. The molecular formula is C23H34N3O2+. The largest absolute Gasteiger partial charge is 0.497 e. The first-order valence-electron chi connectivity index (χ1n) is 10.0. The number of benzene rings is 2. The molecule has 0 radical (unpaired) electrons. The minimum absolute atomic E-state index is 0.0398. The summed E-state index contributed by atoms with van der Waals surface area (Å²) >= 11 is 0. The van der Waals surface area contributed by atoms with Crippen molar-refractivity contribution < 1.29 is 14.0 Å². The van der Waals surface area contributed by atoms with Gasteiger partial charge in [-0.25, -0.2) is 0 Å². The highest BCUT2D eigenvalue weighted by Gasteiger charge is 2.20. The van der Waals surface area contributed by atoms with E-state index in [9.17, 15) is 4.79 Å². The summed E-state index contributed by atoms with van der Waals surface area (Å²) in [5.74, 6) is 0.858. The van der Waals surface area contributed by atoms with Gasteiger partial charge >= 0.3 is 0 Å². The summed E-state index contributed by atoms with van der Waals surface area (Å²) < 4.78 is 6.25. The molecule has 0 saturated heterocycles. The van der Waals surface area contributed by atoms with Crippen LogP contribution in [0, 0.1) is 0 Å². The van der Waals surface area contributed by atoms with Crippen molar-refractivity contribution in [2.45, 2.75) is 26.8 Å². The third-order valence-electron chi connectivity index (χ3n) is 5.63. The summed E-state index contributed by atoms with van der Waals surface area (Å²) in [6.45, 7) is 9.00. The van der Waals surface area contributed by atoms with Gasteiger partial charge in [0, 0.05) is 30.8 Å². The Kier molecular flexibility index (Phi) is 7.88. The van der Waals surface area contributed by atoms with Gasteiger partial charge in [-0.2, -0.15) is 0 Å². The molecule has 0 unspecified atom stereocenters. The predicted octanol–water partition coefficient (Wildman–Crippen LogP) is 3.80. The lowest BCUT2D eigenvalue weighted by Crippen LogP contribution is -2.45. The highest BCUT2D eigenvalue weighted by atomic mass is 16.5. The molecule has 0 aliphatic rings. The van der Waals surface area contributed by atoms with E-state index in [1.54, 1.807) is 31.4 Å². The molecule has 0 atom stereocenters. The number of rotatable bonds is 10. The first kappa shape index (κ1) is 21.8. The number of anilines is 1. The van der Waals surface area contributed by atoms with Crippen molar-refractivity contribution in [2.24, 2.45) is 0 Å². The van der Waals surface area contributed by atoms with Crippen LogP contribution in [-0.4, -0.2) is 55.6 Å². The Labute approximate surface area is 169 Å². The van der Waals surface area contributed by atoms with E-state index in [4.69, 9.17) is 10.5 Å². The van der Waals surface area contributed by atoms with E-state index in [0.29, 0.717) is 17.8 Å². The molecule has 0 spiro atoms. The molecule has 2 aromatic rings. The molecule has 5 heteroatoms. The minimum atomic E-state index is 0.0398. The van der Waals surface area contributed by atoms with E-state index in [1.807, 2.05) is 29.2 Å². The topological polar surface area (TPSA) is 55.6 Å². The second-order valence-electron chi connectivity index (χ2n) is 7.53. The fraction of sp³-hybridized carbons (Fsp3) is 0.435. The number of hydrogen-bond acceptors (Lipinski definition) is 3. The van der Waals surface area contributed by atoms with Crippen LogP contribution >= 0.6 is 0 Å². The molecule has 152 valence electrons. The summed E-state index contributed by atoms with van der Waals surface area (Å²) in [5.41, 5.74) is 8.20. The van der Waals surface area contributed by atoms with Crippen LogP contribution in [0.4, 0.5) is 5.69 Å². The number of nitrogens with two attached hydrogens (primary N) is 1. The zero-order valence-electron chi connectivity index (χ0n) is 17.6. The Balaban J connectivity index is 2.13. The fourth-order valence-electron chi connectivity index (χ4n) is 3.20. The summed E-state index contributed by atoms with van der Waals surface area (Å²) in [7, 11) is 3.93. The Morgan fingerprint density at radius 3 is 2.18 bits per heavy atom. The van der Waals surface area contributed by atoms with Gasteiger partial charge in [0.2, 0.25) is 0 Å². The molecule has 5 nitrogen and oxygen atoms in total. The van der Waals surface area contributed by atoms with Gasteiger partial charge in [-0.3, -0.25) is 4.79 Å². The Morgan fingerprint density at radius 2 is 1.64 bits per heavy atom. The zero-order chi connectivity index (χ0) is 20.6. The maximum Gasteiger partial charge on any atom is 0.254 e. The normalized spacial score (nSPS) is 11.3. The van der Waals surface area contributed by atoms with Crippen LogP contribution in [-0.2, 0) is 6.54 Å². The van der Waals surface area contributed by atoms with Gasteiger partial charge in [-0.05, 0) is 55.8 Å². The lowest BCUT2D eigenvalue weighted by Gasteiger charge is -2.33. The van der Waals surface area contributed by atoms with Crippen LogP contribution in [0.15, 0.2) is 48.5 Å². The van der Waals surface area contributed by atoms with E-state index >= 15 is 0 Å². The molecule has 0 aromatic heterocycles. The molecule has 28 heavy (non-hydrogen) atoms. The van der Waals surface area contributed by atoms with Crippen molar-refractivity contribution in [3.8, 4) is 5.75 Å². The fourth-order valence-corrected chi connectivity index (χ4v) is 3.20. The van der Waals surface area contributed by atoms with Crippen LogP contribution in [0.25, 0.3) is 0 Å². The van der Waals surface area contributed by atoms with E-state index < -0.39 is 0 Å². The van der Waals surface area contributed by atoms with Crippen LogP contribution in [0.3, 0.4) is 0 Å². The Morgan fingerprint density at radius 1 is 1.04 bits per heavy atom. The number of nitrogen functional groups attached to an aromatic ring is 1. The molecular weight excluding hydrogens is 350 g/mol. The zero-order valence-corrected chi connectivity index (χ0v) is 17.6. The molecule has 1 amide bonds. The highest BCUT2D eigenvalue weighted by molar-refractivity contribution is 5.94. The van der Waals surface area contributed by atoms with Crippen molar-refractivity contribution in [3.63, 3.8) is 0 Å². The van der Waals surface area contributed by atoms with Crippen molar-refractivity contribution in [2.75, 3.05) is 46.1 Å². The van der Waals surface area contributed by atoms with Crippen LogP contribution < -0.4 is 10.5 Å². The van der Waals surface area contributed by atoms with Gasteiger partial charge in [0.15, 0.2) is 0 Å². The number of amides is 1. The molecule has 2 aromatic carbocycles. The lowest BCUT2D eigenvalue weighted by atomic mass is 10.1. The second-order valence-corrected chi connectivity index (χ2v) is 7.53. The maximum absolute atomic E-state index is 13.1. The predicted molar refractivity (Wildman–Crippen MR) is 115 cm³/mol. The summed E-state index contributed by atoms with van der Waals surface area (Å²) in [6, 6.07) is 15.1. The summed E-state index contributed by atoms with van der Waals surface area (Å²) in [6.07, 6.45) is 0.967. The van der Waals surface area contributed by atoms with Crippen molar-refractivity contribution in [3.05, 3.63) is 59.7 Å². The molecule has 0 aliphatic heterocycles. The number of carbonyl (C=O) groups is 1. The summed E-state index contributed by atoms with van der Waals surface area (Å²) in [5, 5.41) is 0. The quantitative estimate of drug-likeness (QED) is 0.501. The molecule has 0 saturated carbocycles. The van der Waals surface area contributed by atoms with E-state index in [1.165, 1.54) is 0 Å². The number of carbonyl (C=O) groups excluding carboxylic acids is 1. The molecule has 0 bridgehead atoms. The standard InChI is InChI=1S/C23H33N3O2/c1-5-26(3,6-2)17-7-16-25(18-19-8-14-22(28-4)15-9-19)23(27)20-10-12-21(24)13-11-20/h8-15H,5-7,16-18H2,1-4H3,(H-,24,27)/p+1.